The van der Waals surface area contributed by atoms with Crippen LogP contribution >= 0.6 is 11.6 Å². The molecule has 0 heterocycles. The van der Waals surface area contributed by atoms with Gasteiger partial charge in [0.1, 0.15) is 5.82 Å². The molecule has 0 fully saturated rings. The fourth-order valence-corrected chi connectivity index (χ4v) is 1.20. The second-order valence-corrected chi connectivity index (χ2v) is 3.27. The van der Waals surface area contributed by atoms with Crippen LogP contribution in [-0.2, 0) is 0 Å². The van der Waals surface area contributed by atoms with Gasteiger partial charge in [-0.05, 0) is 23.7 Å². The quantitative estimate of drug-likeness (QED) is 0.374. The number of hydrogen-bond acceptors (Lipinski definition) is 2. The zero-order valence-corrected chi connectivity index (χ0v) is 8.91. The molecule has 0 atom stereocenters. The molecule has 0 aliphatic rings. The minimum absolute atomic E-state index is 0.116. The van der Waals surface area contributed by atoms with E-state index in [4.69, 9.17) is 17.1 Å². The molecule has 0 saturated carbocycles. The highest BCUT2D eigenvalue weighted by Gasteiger charge is 2.11. The fraction of sp³-hybridized carbons (Fsp3) is 0.222. The molecule has 0 unspecified atom stereocenters. The zero-order valence-electron chi connectivity index (χ0n) is 8.15. The fourth-order valence-electron chi connectivity index (χ4n) is 1.03. The molecule has 0 aliphatic carbocycles. The molecule has 0 aliphatic heterocycles. The van der Waals surface area contributed by atoms with Crippen LogP contribution in [0.4, 0.5) is 4.39 Å². The molecule has 0 radical (unpaired) electrons. The van der Waals surface area contributed by atoms with Crippen LogP contribution in [0.5, 0.6) is 0 Å². The highest BCUT2D eigenvalue weighted by molar-refractivity contribution is 6.30. The molecule has 7 heteroatoms. The second-order valence-electron chi connectivity index (χ2n) is 2.83. The van der Waals surface area contributed by atoms with Crippen molar-refractivity contribution in [2.24, 2.45) is 5.11 Å². The maximum absolute atomic E-state index is 13.2. The van der Waals surface area contributed by atoms with Gasteiger partial charge >= 0.3 is 0 Å². The largest absolute Gasteiger partial charge is 0.352 e. The molecular weight excluding hydrogens is 235 g/mol. The maximum atomic E-state index is 13.2. The number of azide groups is 1. The molecule has 0 spiro atoms. The van der Waals surface area contributed by atoms with Gasteiger partial charge in [-0.3, -0.25) is 4.79 Å². The summed E-state index contributed by atoms with van der Waals surface area (Å²) in [6.45, 7) is 0.263. The van der Waals surface area contributed by atoms with E-state index in [0.717, 1.165) is 6.07 Å². The number of nitrogens with zero attached hydrogens (tertiary/aromatic N) is 3. The monoisotopic (exact) mass is 242 g/mol. The molecule has 1 amide bonds. The summed E-state index contributed by atoms with van der Waals surface area (Å²) >= 11 is 5.63. The van der Waals surface area contributed by atoms with Gasteiger partial charge in [0.2, 0.25) is 0 Å². The Kier molecular flexibility index (Phi) is 4.57. The molecule has 1 N–H and O–H groups in total. The molecular formula is C9H8ClFN4O. The SMILES string of the molecule is [N-]=[N+]=NCCNC(=O)c1cc(Cl)ccc1F. The van der Waals surface area contributed by atoms with Gasteiger partial charge in [0.05, 0.1) is 5.56 Å². The zero-order chi connectivity index (χ0) is 12.0. The number of benzene rings is 1. The van der Waals surface area contributed by atoms with E-state index in [-0.39, 0.29) is 23.7 Å². The van der Waals surface area contributed by atoms with Crippen molar-refractivity contribution in [3.8, 4) is 0 Å². The summed E-state index contributed by atoms with van der Waals surface area (Å²) < 4.78 is 13.2. The van der Waals surface area contributed by atoms with Crippen molar-refractivity contribution in [3.05, 3.63) is 45.0 Å². The molecule has 0 aromatic heterocycles. The van der Waals surface area contributed by atoms with Crippen molar-refractivity contribution in [2.75, 3.05) is 13.1 Å². The van der Waals surface area contributed by atoms with Crippen molar-refractivity contribution >= 4 is 17.5 Å². The van der Waals surface area contributed by atoms with E-state index in [9.17, 15) is 9.18 Å². The lowest BCUT2D eigenvalue weighted by Crippen LogP contribution is -2.26. The van der Waals surface area contributed by atoms with Crippen molar-refractivity contribution < 1.29 is 9.18 Å². The Hall–Kier alpha value is -1.78. The topological polar surface area (TPSA) is 77.9 Å². The number of halogens is 2. The molecule has 1 rings (SSSR count). The first-order valence-electron chi connectivity index (χ1n) is 4.39. The van der Waals surface area contributed by atoms with Crippen molar-refractivity contribution in [3.63, 3.8) is 0 Å². The minimum atomic E-state index is -0.648. The van der Waals surface area contributed by atoms with Gasteiger partial charge in [0, 0.05) is 23.0 Å². The Morgan fingerprint density at radius 3 is 3.06 bits per heavy atom. The predicted octanol–water partition coefficient (Wildman–Crippen LogP) is 2.52. The van der Waals surface area contributed by atoms with Crippen LogP contribution in [0.1, 0.15) is 10.4 Å². The third-order valence-corrected chi connectivity index (χ3v) is 1.97. The summed E-state index contributed by atoms with van der Waals surface area (Å²) in [5.74, 6) is -1.24. The summed E-state index contributed by atoms with van der Waals surface area (Å²) in [7, 11) is 0. The molecule has 1 aromatic rings. The average molecular weight is 243 g/mol. The van der Waals surface area contributed by atoms with E-state index in [1.54, 1.807) is 0 Å². The van der Waals surface area contributed by atoms with Gasteiger partial charge in [-0.25, -0.2) is 4.39 Å². The second kappa shape index (κ2) is 5.95. The third kappa shape index (κ3) is 3.42. The summed E-state index contributed by atoms with van der Waals surface area (Å²) in [5, 5.41) is 5.90. The molecule has 5 nitrogen and oxygen atoms in total. The molecule has 1 aromatic carbocycles. The van der Waals surface area contributed by atoms with Gasteiger partial charge in [0.25, 0.3) is 5.91 Å². The first kappa shape index (κ1) is 12.3. The van der Waals surface area contributed by atoms with Gasteiger partial charge in [-0.15, -0.1) is 0 Å². The number of rotatable bonds is 4. The smallest absolute Gasteiger partial charge is 0.254 e. The van der Waals surface area contributed by atoms with Crippen LogP contribution < -0.4 is 5.32 Å². The summed E-state index contributed by atoms with van der Waals surface area (Å²) in [4.78, 5) is 14.0. The molecule has 0 saturated heterocycles. The Morgan fingerprint density at radius 2 is 2.38 bits per heavy atom. The van der Waals surface area contributed by atoms with Gasteiger partial charge in [-0.1, -0.05) is 16.7 Å². The van der Waals surface area contributed by atoms with E-state index in [1.165, 1.54) is 12.1 Å². The number of carbonyl (C=O) groups is 1. The molecule has 16 heavy (non-hydrogen) atoms. The van der Waals surface area contributed by atoms with Gasteiger partial charge in [-0.2, -0.15) is 0 Å². The van der Waals surface area contributed by atoms with E-state index < -0.39 is 11.7 Å². The van der Waals surface area contributed by atoms with Crippen molar-refractivity contribution in [1.29, 1.82) is 0 Å². The lowest BCUT2D eigenvalue weighted by molar-refractivity contribution is 0.0951. The van der Waals surface area contributed by atoms with Crippen molar-refractivity contribution in [1.82, 2.24) is 5.32 Å². The van der Waals surface area contributed by atoms with E-state index >= 15 is 0 Å². The summed E-state index contributed by atoms with van der Waals surface area (Å²) in [6, 6.07) is 3.71. The van der Waals surface area contributed by atoms with Gasteiger partial charge in [0.15, 0.2) is 0 Å². The van der Waals surface area contributed by atoms with Crippen LogP contribution in [0.25, 0.3) is 10.4 Å². The molecule has 84 valence electrons. The normalized spacial score (nSPS) is 9.38. The Morgan fingerprint density at radius 1 is 1.62 bits per heavy atom. The van der Waals surface area contributed by atoms with Crippen LogP contribution in [0, 0.1) is 5.82 Å². The van der Waals surface area contributed by atoms with Crippen molar-refractivity contribution in [2.45, 2.75) is 0 Å². The number of nitrogens with one attached hydrogen (secondary N) is 1. The predicted molar refractivity (Wildman–Crippen MR) is 57.8 cm³/mol. The number of carbonyl (C=O) groups excluding carboxylic acids is 1. The Balaban J connectivity index is 2.65. The highest BCUT2D eigenvalue weighted by Crippen LogP contribution is 2.14. The van der Waals surface area contributed by atoms with E-state index in [2.05, 4.69) is 15.3 Å². The minimum Gasteiger partial charge on any atom is -0.352 e. The summed E-state index contributed by atoms with van der Waals surface area (Å²) in [6.07, 6.45) is 0. The maximum Gasteiger partial charge on any atom is 0.254 e. The lowest BCUT2D eigenvalue weighted by Gasteiger charge is -2.04. The average Bonchev–Trinajstić information content (AvgIpc) is 2.27. The molecule has 0 bridgehead atoms. The van der Waals surface area contributed by atoms with Crippen LogP contribution in [-0.4, -0.2) is 19.0 Å². The Labute approximate surface area is 95.8 Å². The highest BCUT2D eigenvalue weighted by atomic mass is 35.5. The number of hydrogen-bond donors (Lipinski definition) is 1. The first-order chi connectivity index (χ1) is 7.65. The van der Waals surface area contributed by atoms with Gasteiger partial charge < -0.3 is 5.32 Å². The van der Waals surface area contributed by atoms with Crippen LogP contribution in [0.15, 0.2) is 23.3 Å². The first-order valence-corrected chi connectivity index (χ1v) is 4.77. The standard InChI is InChI=1S/C9H8ClFN4O/c10-6-1-2-8(11)7(5-6)9(16)13-3-4-14-15-12/h1-2,5H,3-4H2,(H,13,16). The summed E-state index contributed by atoms with van der Waals surface area (Å²) in [5.41, 5.74) is 7.87. The lowest BCUT2D eigenvalue weighted by atomic mass is 10.2. The van der Waals surface area contributed by atoms with Crippen LogP contribution in [0.2, 0.25) is 5.02 Å². The Bertz CT molecular complexity index is 445. The van der Waals surface area contributed by atoms with E-state index in [0.29, 0.717) is 0 Å². The van der Waals surface area contributed by atoms with Crippen LogP contribution in [0.3, 0.4) is 0 Å². The third-order valence-electron chi connectivity index (χ3n) is 1.73. The number of amides is 1. The van der Waals surface area contributed by atoms with E-state index in [1.807, 2.05) is 0 Å².